The van der Waals surface area contributed by atoms with Gasteiger partial charge in [0.05, 0.1) is 18.1 Å². The highest BCUT2D eigenvalue weighted by atomic mass is 35.5. The van der Waals surface area contributed by atoms with Crippen molar-refractivity contribution in [1.82, 2.24) is 4.90 Å². The van der Waals surface area contributed by atoms with Crippen molar-refractivity contribution < 1.29 is 29.0 Å². The Kier molecular flexibility index (Phi) is 7.59. The lowest BCUT2D eigenvalue weighted by Crippen LogP contribution is -2.56. The molecule has 3 aliphatic heterocycles. The van der Waals surface area contributed by atoms with E-state index >= 15 is 0 Å². The standard InChI is InChI=1S/C27H33ClN2O6/c1-4-6-17-35-25(34)21-20-23(32)30(15-7-16-31)22(27(20)13-12-26(21,3)36-27)24(33)29(14-5-2)19-10-8-18(28)9-11-19/h4-5,8-11,20-22,31H,1-2,6-7,12-17H2,3H3/t20-,21+,22?,26-,27?/m0/s1. The van der Waals surface area contributed by atoms with E-state index < -0.39 is 35.0 Å². The average molecular weight is 517 g/mol. The molecule has 5 atom stereocenters. The van der Waals surface area contributed by atoms with Gasteiger partial charge >= 0.3 is 5.97 Å². The summed E-state index contributed by atoms with van der Waals surface area (Å²) in [7, 11) is 0. The van der Waals surface area contributed by atoms with E-state index in [4.69, 9.17) is 21.1 Å². The number of ether oxygens (including phenoxy) is 2. The maximum Gasteiger partial charge on any atom is 0.312 e. The number of hydrogen-bond acceptors (Lipinski definition) is 6. The topological polar surface area (TPSA) is 96.4 Å². The van der Waals surface area contributed by atoms with Crippen molar-refractivity contribution in [2.24, 2.45) is 11.8 Å². The zero-order chi connectivity index (χ0) is 26.1. The van der Waals surface area contributed by atoms with Crippen LogP contribution in [0.3, 0.4) is 0 Å². The van der Waals surface area contributed by atoms with Crippen LogP contribution in [0.1, 0.15) is 32.6 Å². The fraction of sp³-hybridized carbons (Fsp3) is 0.519. The lowest BCUT2D eigenvalue weighted by molar-refractivity contribution is -0.159. The molecule has 8 nitrogen and oxygen atoms in total. The number of aliphatic hydroxyl groups is 1. The van der Waals surface area contributed by atoms with Crippen LogP contribution in [0.5, 0.6) is 0 Å². The van der Waals surface area contributed by atoms with Crippen LogP contribution in [0, 0.1) is 11.8 Å². The fourth-order valence-electron chi connectivity index (χ4n) is 6.10. The summed E-state index contributed by atoms with van der Waals surface area (Å²) in [5.41, 5.74) is -1.46. The summed E-state index contributed by atoms with van der Waals surface area (Å²) in [5, 5.41) is 10.0. The van der Waals surface area contributed by atoms with Crippen LogP contribution in [0.25, 0.3) is 0 Å². The molecule has 9 heteroatoms. The maximum atomic E-state index is 14.2. The van der Waals surface area contributed by atoms with Crippen molar-refractivity contribution in [1.29, 1.82) is 0 Å². The average Bonchev–Trinajstić information content (AvgIpc) is 3.42. The van der Waals surface area contributed by atoms with Gasteiger partial charge in [-0.25, -0.2) is 0 Å². The lowest BCUT2D eigenvalue weighted by Gasteiger charge is -2.36. The van der Waals surface area contributed by atoms with Crippen molar-refractivity contribution in [2.45, 2.75) is 49.9 Å². The monoisotopic (exact) mass is 516 g/mol. The van der Waals surface area contributed by atoms with Crippen LogP contribution >= 0.6 is 11.6 Å². The third-order valence-corrected chi connectivity index (χ3v) is 7.86. The van der Waals surface area contributed by atoms with E-state index in [1.165, 1.54) is 4.90 Å². The van der Waals surface area contributed by atoms with E-state index in [0.29, 0.717) is 36.4 Å². The largest absolute Gasteiger partial charge is 0.465 e. The van der Waals surface area contributed by atoms with Crippen molar-refractivity contribution in [3.8, 4) is 0 Å². The highest BCUT2D eigenvalue weighted by molar-refractivity contribution is 6.30. The Labute approximate surface area is 216 Å². The molecule has 1 spiro atoms. The minimum atomic E-state index is -1.16. The summed E-state index contributed by atoms with van der Waals surface area (Å²) in [6.07, 6.45) is 5.06. The van der Waals surface area contributed by atoms with Gasteiger partial charge in [0.1, 0.15) is 17.6 Å². The molecule has 0 aromatic heterocycles. The number of carbonyl (C=O) groups excluding carboxylic acids is 3. The summed E-state index contributed by atoms with van der Waals surface area (Å²) in [6.45, 7) is 9.69. The van der Waals surface area contributed by atoms with Crippen LogP contribution in [0.4, 0.5) is 5.69 Å². The van der Waals surface area contributed by atoms with Crippen LogP contribution in [-0.4, -0.2) is 71.3 Å². The molecule has 3 heterocycles. The van der Waals surface area contributed by atoms with E-state index in [1.807, 2.05) is 6.92 Å². The Hall–Kier alpha value is -2.68. The molecule has 2 amide bonds. The summed E-state index contributed by atoms with van der Waals surface area (Å²) in [6, 6.07) is 5.91. The van der Waals surface area contributed by atoms with E-state index in [-0.39, 0.29) is 38.1 Å². The molecule has 0 saturated carbocycles. The van der Waals surface area contributed by atoms with E-state index in [1.54, 1.807) is 41.3 Å². The molecule has 3 aliphatic rings. The van der Waals surface area contributed by atoms with Gasteiger partial charge < -0.3 is 24.4 Å². The SMILES string of the molecule is C=CCCOC(=O)[C@H]1[C@H]2C(=O)N(CCCO)C(C(=O)N(CC=C)c3ccc(Cl)cc3)C23CC[C@]1(C)O3. The molecule has 2 bridgehead atoms. The molecule has 4 rings (SSSR count). The number of anilines is 1. The number of carbonyl (C=O) groups is 3. The number of rotatable bonds is 11. The van der Waals surface area contributed by atoms with Gasteiger partial charge in [0.25, 0.3) is 5.91 Å². The second kappa shape index (κ2) is 10.4. The molecule has 0 radical (unpaired) electrons. The van der Waals surface area contributed by atoms with Crippen molar-refractivity contribution >= 4 is 35.1 Å². The van der Waals surface area contributed by atoms with E-state index in [9.17, 15) is 19.5 Å². The zero-order valence-corrected chi connectivity index (χ0v) is 21.3. The maximum absolute atomic E-state index is 14.2. The Balaban J connectivity index is 1.74. The van der Waals surface area contributed by atoms with Gasteiger partial charge in [-0.1, -0.05) is 23.8 Å². The van der Waals surface area contributed by atoms with Gasteiger partial charge in [-0.05, 0) is 56.9 Å². The minimum absolute atomic E-state index is 0.137. The Morgan fingerprint density at radius 3 is 2.64 bits per heavy atom. The summed E-state index contributed by atoms with van der Waals surface area (Å²) < 4.78 is 12.1. The summed E-state index contributed by atoms with van der Waals surface area (Å²) >= 11 is 6.06. The van der Waals surface area contributed by atoms with Crippen molar-refractivity contribution in [2.75, 3.05) is 31.2 Å². The van der Waals surface area contributed by atoms with Gasteiger partial charge in [-0.2, -0.15) is 0 Å². The van der Waals surface area contributed by atoms with E-state index in [2.05, 4.69) is 13.2 Å². The lowest BCUT2D eigenvalue weighted by atomic mass is 9.66. The zero-order valence-electron chi connectivity index (χ0n) is 20.5. The Morgan fingerprint density at radius 2 is 2.00 bits per heavy atom. The first-order chi connectivity index (χ1) is 17.2. The molecule has 0 aliphatic carbocycles. The third kappa shape index (κ3) is 4.25. The molecule has 1 aromatic carbocycles. The first kappa shape index (κ1) is 26.4. The summed E-state index contributed by atoms with van der Waals surface area (Å²) in [4.78, 5) is 44.4. The van der Waals surface area contributed by atoms with Crippen LogP contribution in [0.2, 0.25) is 5.02 Å². The number of nitrogens with zero attached hydrogens (tertiary/aromatic N) is 2. The third-order valence-electron chi connectivity index (χ3n) is 7.60. The molecular formula is C27H33ClN2O6. The number of halogens is 1. The predicted octanol–water partition coefficient (Wildman–Crippen LogP) is 3.13. The molecule has 36 heavy (non-hydrogen) atoms. The minimum Gasteiger partial charge on any atom is -0.465 e. The molecule has 194 valence electrons. The number of esters is 1. The van der Waals surface area contributed by atoms with E-state index in [0.717, 1.165) is 0 Å². The fourth-order valence-corrected chi connectivity index (χ4v) is 6.22. The highest BCUT2D eigenvalue weighted by Crippen LogP contribution is 2.63. The highest BCUT2D eigenvalue weighted by Gasteiger charge is 2.78. The number of fused-ring (bicyclic) bond motifs is 1. The normalized spacial score (nSPS) is 30.2. The number of hydrogen-bond donors (Lipinski definition) is 1. The van der Waals surface area contributed by atoms with Gasteiger partial charge in [0.15, 0.2) is 0 Å². The smallest absolute Gasteiger partial charge is 0.312 e. The molecule has 2 unspecified atom stereocenters. The van der Waals surface area contributed by atoms with Crippen molar-refractivity contribution in [3.63, 3.8) is 0 Å². The Morgan fingerprint density at radius 1 is 1.28 bits per heavy atom. The van der Waals surface area contributed by atoms with Gasteiger partial charge in [0.2, 0.25) is 5.91 Å². The molecule has 3 saturated heterocycles. The number of likely N-dealkylation sites (tertiary alicyclic amines) is 1. The number of benzene rings is 1. The summed E-state index contributed by atoms with van der Waals surface area (Å²) in [5.74, 6) is -2.78. The molecular weight excluding hydrogens is 484 g/mol. The first-order valence-corrected chi connectivity index (χ1v) is 12.7. The quantitative estimate of drug-likeness (QED) is 0.276. The number of aliphatic hydroxyl groups excluding tert-OH is 1. The van der Waals surface area contributed by atoms with Crippen LogP contribution in [0.15, 0.2) is 49.6 Å². The predicted molar refractivity (Wildman–Crippen MR) is 135 cm³/mol. The molecule has 1 aromatic rings. The first-order valence-electron chi connectivity index (χ1n) is 12.3. The molecule has 1 N–H and O–H groups in total. The Bertz CT molecular complexity index is 1050. The van der Waals surface area contributed by atoms with Crippen LogP contribution < -0.4 is 4.90 Å². The molecule has 3 fully saturated rings. The van der Waals surface area contributed by atoms with Gasteiger partial charge in [0, 0.05) is 30.4 Å². The van der Waals surface area contributed by atoms with Crippen molar-refractivity contribution in [3.05, 3.63) is 54.6 Å². The second-order valence-corrected chi connectivity index (χ2v) is 10.2. The van der Waals surface area contributed by atoms with Gasteiger partial charge in [-0.3, -0.25) is 14.4 Å². The second-order valence-electron chi connectivity index (χ2n) is 9.80. The number of amides is 2. The van der Waals surface area contributed by atoms with Crippen LogP contribution in [-0.2, 0) is 23.9 Å². The van der Waals surface area contributed by atoms with Gasteiger partial charge in [-0.15, -0.1) is 13.2 Å².